The summed E-state index contributed by atoms with van der Waals surface area (Å²) >= 11 is 0. The molecule has 0 fully saturated rings. The molecule has 0 N–H and O–H groups in total. The predicted molar refractivity (Wildman–Crippen MR) is 72.8 cm³/mol. The monoisotopic (exact) mass is 240 g/mol. The molecule has 0 saturated heterocycles. The van der Waals surface area contributed by atoms with E-state index < -0.39 is 0 Å². The van der Waals surface area contributed by atoms with E-state index in [0.29, 0.717) is 12.1 Å². The number of benzene rings is 1. The first-order chi connectivity index (χ1) is 8.72. The van der Waals surface area contributed by atoms with E-state index in [1.165, 1.54) is 0 Å². The van der Waals surface area contributed by atoms with Gasteiger partial charge in [0.15, 0.2) is 0 Å². The molecule has 0 unspecified atom stereocenters. The Morgan fingerprint density at radius 3 is 2.56 bits per heavy atom. The molecular weight excluding hydrogens is 224 g/mol. The average Bonchev–Trinajstić information content (AvgIpc) is 2.40. The number of aromatic nitrogens is 1. The van der Waals surface area contributed by atoms with Gasteiger partial charge in [0.2, 0.25) is 0 Å². The second-order valence-electron chi connectivity index (χ2n) is 4.12. The van der Waals surface area contributed by atoms with Crippen molar-refractivity contribution < 1.29 is 4.79 Å². The zero-order valence-electron chi connectivity index (χ0n) is 10.6. The lowest BCUT2D eigenvalue weighted by atomic mass is 10.1. The average molecular weight is 240 g/mol. The van der Waals surface area contributed by atoms with E-state index in [9.17, 15) is 4.79 Å². The molecule has 2 aromatic rings. The minimum absolute atomic E-state index is 0.00509. The fourth-order valence-electron chi connectivity index (χ4n) is 1.89. The molecule has 18 heavy (non-hydrogen) atoms. The van der Waals surface area contributed by atoms with E-state index in [0.717, 1.165) is 11.3 Å². The molecule has 0 bridgehead atoms. The third-order valence-electron chi connectivity index (χ3n) is 2.80. The second kappa shape index (κ2) is 5.45. The summed E-state index contributed by atoms with van der Waals surface area (Å²) in [5.41, 5.74) is 2.74. The molecule has 1 amide bonds. The number of carbonyl (C=O) groups excluding carboxylic acids is 1. The van der Waals surface area contributed by atoms with Crippen LogP contribution in [0.3, 0.4) is 0 Å². The normalized spacial score (nSPS) is 10.1. The molecule has 3 heteroatoms. The van der Waals surface area contributed by atoms with Crippen molar-refractivity contribution in [3.8, 4) is 0 Å². The van der Waals surface area contributed by atoms with Gasteiger partial charge in [-0.15, -0.1) is 0 Å². The maximum Gasteiger partial charge on any atom is 0.258 e. The summed E-state index contributed by atoms with van der Waals surface area (Å²) in [6.07, 6.45) is 3.27. The number of carbonyl (C=O) groups is 1. The Balaban J connectivity index is 2.32. The van der Waals surface area contributed by atoms with E-state index >= 15 is 0 Å². The first kappa shape index (κ1) is 12.3. The van der Waals surface area contributed by atoms with Crippen molar-refractivity contribution in [2.45, 2.75) is 13.8 Å². The van der Waals surface area contributed by atoms with Crippen molar-refractivity contribution >= 4 is 11.6 Å². The smallest absolute Gasteiger partial charge is 0.258 e. The van der Waals surface area contributed by atoms with Crippen LogP contribution >= 0.6 is 0 Å². The van der Waals surface area contributed by atoms with Gasteiger partial charge < -0.3 is 4.90 Å². The van der Waals surface area contributed by atoms with E-state index in [4.69, 9.17) is 0 Å². The van der Waals surface area contributed by atoms with Crippen molar-refractivity contribution in [2.24, 2.45) is 0 Å². The van der Waals surface area contributed by atoms with Crippen molar-refractivity contribution in [2.75, 3.05) is 11.4 Å². The number of pyridine rings is 1. The van der Waals surface area contributed by atoms with Gasteiger partial charge in [0.1, 0.15) is 0 Å². The Bertz CT molecular complexity index is 537. The highest BCUT2D eigenvalue weighted by molar-refractivity contribution is 6.05. The Kier molecular flexibility index (Phi) is 3.72. The number of anilines is 1. The van der Waals surface area contributed by atoms with Gasteiger partial charge in [-0.2, -0.15) is 0 Å². The highest BCUT2D eigenvalue weighted by Crippen LogP contribution is 2.18. The first-order valence-corrected chi connectivity index (χ1v) is 6.01. The largest absolute Gasteiger partial charge is 0.309 e. The number of aryl methyl sites for hydroxylation is 1. The van der Waals surface area contributed by atoms with Crippen LogP contribution in [0.15, 0.2) is 48.8 Å². The highest BCUT2D eigenvalue weighted by Gasteiger charge is 2.15. The van der Waals surface area contributed by atoms with Crippen LogP contribution in [0.4, 0.5) is 5.69 Å². The molecule has 92 valence electrons. The van der Waals surface area contributed by atoms with Crippen LogP contribution in [0.5, 0.6) is 0 Å². The van der Waals surface area contributed by atoms with E-state index in [1.807, 2.05) is 38.1 Å². The molecule has 0 aliphatic heterocycles. The van der Waals surface area contributed by atoms with Gasteiger partial charge in [0.25, 0.3) is 5.91 Å². The number of nitrogens with zero attached hydrogens (tertiary/aromatic N) is 2. The highest BCUT2D eigenvalue weighted by atomic mass is 16.2. The van der Waals surface area contributed by atoms with Crippen LogP contribution in [0.2, 0.25) is 0 Å². The summed E-state index contributed by atoms with van der Waals surface area (Å²) in [6.45, 7) is 4.64. The lowest BCUT2D eigenvalue weighted by molar-refractivity contribution is 0.0988. The van der Waals surface area contributed by atoms with Gasteiger partial charge in [-0.1, -0.05) is 12.1 Å². The zero-order valence-corrected chi connectivity index (χ0v) is 10.6. The summed E-state index contributed by atoms with van der Waals surface area (Å²) < 4.78 is 0. The van der Waals surface area contributed by atoms with Crippen molar-refractivity contribution in [1.82, 2.24) is 4.98 Å². The van der Waals surface area contributed by atoms with Crippen LogP contribution in [-0.2, 0) is 0 Å². The van der Waals surface area contributed by atoms with Crippen molar-refractivity contribution in [3.05, 3.63) is 59.9 Å². The first-order valence-electron chi connectivity index (χ1n) is 6.01. The molecule has 0 aliphatic carbocycles. The number of hydrogen-bond acceptors (Lipinski definition) is 2. The third-order valence-corrected chi connectivity index (χ3v) is 2.80. The van der Waals surface area contributed by atoms with Gasteiger partial charge in [0, 0.05) is 30.2 Å². The minimum atomic E-state index is 0.00509. The summed E-state index contributed by atoms with van der Waals surface area (Å²) in [7, 11) is 0. The van der Waals surface area contributed by atoms with Crippen LogP contribution in [0.25, 0.3) is 0 Å². The maximum absolute atomic E-state index is 12.4. The van der Waals surface area contributed by atoms with Crippen LogP contribution < -0.4 is 4.90 Å². The Morgan fingerprint density at radius 1 is 1.22 bits per heavy atom. The number of rotatable bonds is 3. The van der Waals surface area contributed by atoms with Gasteiger partial charge in [-0.05, 0) is 43.7 Å². The van der Waals surface area contributed by atoms with Crippen LogP contribution in [-0.4, -0.2) is 17.4 Å². The fraction of sp³-hybridized carbons (Fsp3) is 0.200. The topological polar surface area (TPSA) is 33.2 Å². The van der Waals surface area contributed by atoms with Crippen LogP contribution in [0, 0.1) is 6.92 Å². The Morgan fingerprint density at radius 2 is 1.94 bits per heavy atom. The van der Waals surface area contributed by atoms with Gasteiger partial charge >= 0.3 is 0 Å². The molecule has 0 aliphatic rings. The summed E-state index contributed by atoms with van der Waals surface area (Å²) in [6, 6.07) is 11.4. The van der Waals surface area contributed by atoms with Gasteiger partial charge in [0.05, 0.1) is 0 Å². The fourth-order valence-corrected chi connectivity index (χ4v) is 1.89. The minimum Gasteiger partial charge on any atom is -0.309 e. The molecule has 0 atom stereocenters. The number of amides is 1. The van der Waals surface area contributed by atoms with E-state index in [-0.39, 0.29) is 5.91 Å². The summed E-state index contributed by atoms with van der Waals surface area (Å²) in [4.78, 5) is 18.1. The molecule has 2 rings (SSSR count). The Labute approximate surface area is 107 Å². The molecule has 1 aromatic heterocycles. The SMILES string of the molecule is CCN(C(=O)c1ccncc1)c1cccc(C)c1. The van der Waals surface area contributed by atoms with Crippen molar-refractivity contribution in [1.29, 1.82) is 0 Å². The quantitative estimate of drug-likeness (QED) is 0.826. The molecule has 1 aromatic carbocycles. The van der Waals surface area contributed by atoms with E-state index in [1.54, 1.807) is 29.4 Å². The zero-order chi connectivity index (χ0) is 13.0. The predicted octanol–water partition coefficient (Wildman–Crippen LogP) is 3.06. The second-order valence-corrected chi connectivity index (χ2v) is 4.12. The third kappa shape index (κ3) is 2.56. The lowest BCUT2D eigenvalue weighted by Crippen LogP contribution is -2.30. The lowest BCUT2D eigenvalue weighted by Gasteiger charge is -2.21. The van der Waals surface area contributed by atoms with E-state index in [2.05, 4.69) is 4.98 Å². The summed E-state index contributed by atoms with van der Waals surface area (Å²) in [5.74, 6) is 0.00509. The standard InChI is InChI=1S/C15H16N2O/c1-3-17(14-6-4-5-12(2)11-14)15(18)13-7-9-16-10-8-13/h4-11H,3H2,1-2H3. The summed E-state index contributed by atoms with van der Waals surface area (Å²) in [5, 5.41) is 0. The van der Waals surface area contributed by atoms with Crippen molar-refractivity contribution in [3.63, 3.8) is 0 Å². The molecule has 0 spiro atoms. The number of hydrogen-bond donors (Lipinski definition) is 0. The molecule has 1 heterocycles. The molecule has 0 radical (unpaired) electrons. The van der Waals surface area contributed by atoms with Gasteiger partial charge in [-0.25, -0.2) is 0 Å². The maximum atomic E-state index is 12.4. The van der Waals surface area contributed by atoms with Crippen LogP contribution in [0.1, 0.15) is 22.8 Å². The van der Waals surface area contributed by atoms with Gasteiger partial charge in [-0.3, -0.25) is 9.78 Å². The molecular formula is C15H16N2O. The molecule has 3 nitrogen and oxygen atoms in total. The Hall–Kier alpha value is -2.16. The molecule has 0 saturated carbocycles.